The molecule has 3 atom stereocenters. The third-order valence-corrected chi connectivity index (χ3v) is 7.81. The van der Waals surface area contributed by atoms with Crippen molar-refractivity contribution >= 4 is 23.5 Å². The molecule has 3 rings (SSSR count). The minimum atomic E-state index is -0.699. The first kappa shape index (κ1) is 33.2. The van der Waals surface area contributed by atoms with Crippen LogP contribution in [0.25, 0.3) is 11.1 Å². The Labute approximate surface area is 252 Å². The second-order valence-corrected chi connectivity index (χ2v) is 10.6. The molecule has 11 nitrogen and oxygen atoms in total. The van der Waals surface area contributed by atoms with Crippen molar-refractivity contribution < 1.29 is 33.3 Å². The molecule has 0 saturated heterocycles. The SMILES string of the molecule is CC[C@@H](C)[C@@H](Nc1ccc2c(cc1=O)[C@H](NC(C)=O)CCc1cc(OC)c(OC)c(OC)c1-2)C(=O)NCCCC(=O)OC. The summed E-state index contributed by atoms with van der Waals surface area (Å²) in [6, 6.07) is 5.75. The highest BCUT2D eigenvalue weighted by molar-refractivity contribution is 5.86. The van der Waals surface area contributed by atoms with Crippen molar-refractivity contribution in [3.05, 3.63) is 45.6 Å². The van der Waals surface area contributed by atoms with Gasteiger partial charge in [-0.25, -0.2) is 0 Å². The van der Waals surface area contributed by atoms with Crippen LogP contribution in [0.1, 0.15) is 63.6 Å². The molecule has 2 amide bonds. The van der Waals surface area contributed by atoms with E-state index in [2.05, 4.69) is 20.7 Å². The van der Waals surface area contributed by atoms with Crippen molar-refractivity contribution in [2.75, 3.05) is 40.3 Å². The lowest BCUT2D eigenvalue weighted by Gasteiger charge is -2.24. The van der Waals surface area contributed by atoms with Crippen molar-refractivity contribution in [1.29, 1.82) is 0 Å². The molecule has 0 radical (unpaired) electrons. The number of ether oxygens (including phenoxy) is 4. The molecular formula is C32H43N3O8. The molecule has 0 aliphatic heterocycles. The number of hydrogen-bond donors (Lipinski definition) is 3. The van der Waals surface area contributed by atoms with E-state index < -0.39 is 12.1 Å². The van der Waals surface area contributed by atoms with Crippen molar-refractivity contribution in [3.63, 3.8) is 0 Å². The molecule has 1 aliphatic carbocycles. The summed E-state index contributed by atoms with van der Waals surface area (Å²) in [5.74, 6) is 0.449. The van der Waals surface area contributed by atoms with E-state index in [1.165, 1.54) is 27.2 Å². The second-order valence-electron chi connectivity index (χ2n) is 10.6. The Kier molecular flexibility index (Phi) is 11.8. The van der Waals surface area contributed by atoms with E-state index >= 15 is 0 Å². The minimum Gasteiger partial charge on any atom is -0.493 e. The van der Waals surface area contributed by atoms with Crippen LogP contribution in [-0.4, -0.2) is 58.8 Å². The first-order valence-electron chi connectivity index (χ1n) is 14.5. The topological polar surface area (TPSA) is 141 Å². The molecule has 43 heavy (non-hydrogen) atoms. The zero-order chi connectivity index (χ0) is 31.7. The molecule has 3 N–H and O–H groups in total. The second kappa shape index (κ2) is 15.3. The van der Waals surface area contributed by atoms with E-state index in [0.29, 0.717) is 60.6 Å². The molecule has 0 aromatic heterocycles. The van der Waals surface area contributed by atoms with Crippen molar-refractivity contribution in [1.82, 2.24) is 10.6 Å². The Morgan fingerprint density at radius 2 is 1.74 bits per heavy atom. The number of carbonyl (C=O) groups excluding carboxylic acids is 3. The number of amides is 2. The quantitative estimate of drug-likeness (QED) is 0.232. The summed E-state index contributed by atoms with van der Waals surface area (Å²) in [5.41, 5.74) is 2.90. The average molecular weight is 598 g/mol. The summed E-state index contributed by atoms with van der Waals surface area (Å²) in [6.07, 6.45) is 2.44. The van der Waals surface area contributed by atoms with Gasteiger partial charge in [0.15, 0.2) is 11.5 Å². The van der Waals surface area contributed by atoms with E-state index in [4.69, 9.17) is 14.2 Å². The van der Waals surface area contributed by atoms with E-state index in [0.717, 1.165) is 11.1 Å². The molecule has 234 valence electrons. The third-order valence-electron chi connectivity index (χ3n) is 7.81. The lowest BCUT2D eigenvalue weighted by Crippen LogP contribution is -2.44. The number of fused-ring (bicyclic) bond motifs is 3. The molecule has 0 fully saturated rings. The number of aryl methyl sites for hydroxylation is 1. The Morgan fingerprint density at radius 3 is 2.35 bits per heavy atom. The molecule has 11 heteroatoms. The molecule has 0 saturated carbocycles. The highest BCUT2D eigenvalue weighted by Gasteiger charge is 2.30. The third kappa shape index (κ3) is 7.77. The molecule has 2 aromatic carbocycles. The lowest BCUT2D eigenvalue weighted by molar-refractivity contribution is -0.140. The van der Waals surface area contributed by atoms with Crippen LogP contribution < -0.4 is 35.6 Å². The number of esters is 1. The van der Waals surface area contributed by atoms with E-state index in [9.17, 15) is 19.2 Å². The van der Waals surface area contributed by atoms with E-state index in [-0.39, 0.29) is 41.2 Å². The summed E-state index contributed by atoms with van der Waals surface area (Å²) in [7, 11) is 5.95. The van der Waals surface area contributed by atoms with Gasteiger partial charge in [-0.15, -0.1) is 0 Å². The fourth-order valence-electron chi connectivity index (χ4n) is 5.35. The molecule has 0 unspecified atom stereocenters. The van der Waals surface area contributed by atoms with Crippen LogP contribution in [0.4, 0.5) is 5.69 Å². The summed E-state index contributed by atoms with van der Waals surface area (Å²) >= 11 is 0. The van der Waals surface area contributed by atoms with Gasteiger partial charge >= 0.3 is 5.97 Å². The van der Waals surface area contributed by atoms with E-state index in [1.54, 1.807) is 20.3 Å². The Hall–Kier alpha value is -4.28. The van der Waals surface area contributed by atoms with Gasteiger partial charge in [0.2, 0.25) is 23.0 Å². The Bertz CT molecular complexity index is 1390. The maximum Gasteiger partial charge on any atom is 0.305 e. The van der Waals surface area contributed by atoms with Gasteiger partial charge in [-0.2, -0.15) is 0 Å². The summed E-state index contributed by atoms with van der Waals surface area (Å²) in [6.45, 7) is 5.64. The van der Waals surface area contributed by atoms with Crippen molar-refractivity contribution in [3.8, 4) is 28.4 Å². The normalized spacial score (nSPS) is 15.0. The maximum absolute atomic E-state index is 13.7. The molecule has 1 aliphatic rings. The summed E-state index contributed by atoms with van der Waals surface area (Å²) in [4.78, 5) is 50.6. The Balaban J connectivity index is 2.12. The van der Waals surface area contributed by atoms with Crippen molar-refractivity contribution in [2.24, 2.45) is 5.92 Å². The number of benzene rings is 1. The monoisotopic (exact) mass is 597 g/mol. The molecule has 0 heterocycles. The lowest BCUT2D eigenvalue weighted by atomic mass is 9.95. The minimum absolute atomic E-state index is 0.104. The Morgan fingerprint density at radius 1 is 1.02 bits per heavy atom. The van der Waals surface area contributed by atoms with Gasteiger partial charge in [0.05, 0.1) is 40.2 Å². The standard InChI is InChI=1S/C32H43N3O8/c1-8-18(2)29(32(39)33-15-9-10-27(38)41-5)35-24-14-12-21-22(17-25(24)37)23(34-19(3)36)13-11-20-16-26(40-4)30(42-6)31(43-7)28(20)21/h12,14,16-18,23,29H,8-11,13,15H2,1-7H3,(H,33,39)(H,34,36)(H,35,37)/t18-,23-,29-/m1/s1. The first-order chi connectivity index (χ1) is 20.6. The maximum atomic E-state index is 13.7. The van der Waals surface area contributed by atoms with Gasteiger partial charge in [0.1, 0.15) is 6.04 Å². The zero-order valence-electron chi connectivity index (χ0n) is 26.1. The average Bonchev–Trinajstić information content (AvgIpc) is 3.24. The highest BCUT2D eigenvalue weighted by atomic mass is 16.5. The van der Waals surface area contributed by atoms with Crippen LogP contribution in [0.5, 0.6) is 17.2 Å². The van der Waals surface area contributed by atoms with Crippen molar-refractivity contribution in [2.45, 2.75) is 65.0 Å². The summed E-state index contributed by atoms with van der Waals surface area (Å²) in [5, 5.41) is 9.05. The number of rotatable bonds is 13. The zero-order valence-corrected chi connectivity index (χ0v) is 26.1. The van der Waals surface area contributed by atoms with Crippen LogP contribution in [0.3, 0.4) is 0 Å². The number of hydrogen-bond acceptors (Lipinski definition) is 9. The largest absolute Gasteiger partial charge is 0.493 e. The van der Waals surface area contributed by atoms with Crippen LogP contribution in [-0.2, 0) is 25.5 Å². The fourth-order valence-corrected chi connectivity index (χ4v) is 5.35. The summed E-state index contributed by atoms with van der Waals surface area (Å²) < 4.78 is 21.7. The highest BCUT2D eigenvalue weighted by Crippen LogP contribution is 2.50. The van der Waals surface area contributed by atoms with E-state index in [1.807, 2.05) is 26.0 Å². The van der Waals surface area contributed by atoms with Crippen LogP contribution in [0.15, 0.2) is 29.1 Å². The first-order valence-corrected chi connectivity index (χ1v) is 14.5. The number of methoxy groups -OCH3 is 4. The predicted molar refractivity (Wildman–Crippen MR) is 164 cm³/mol. The molecule has 0 spiro atoms. The molecular weight excluding hydrogens is 554 g/mol. The predicted octanol–water partition coefficient (Wildman–Crippen LogP) is 3.76. The van der Waals surface area contributed by atoms with Crippen LogP contribution in [0, 0.1) is 5.92 Å². The number of carbonyl (C=O) groups is 3. The molecule has 2 aromatic rings. The van der Waals surface area contributed by atoms with Gasteiger partial charge < -0.3 is 34.9 Å². The van der Waals surface area contributed by atoms with Crippen LogP contribution >= 0.6 is 0 Å². The fraction of sp³-hybridized carbons (Fsp3) is 0.500. The van der Waals surface area contributed by atoms with Gasteiger partial charge in [-0.1, -0.05) is 26.3 Å². The van der Waals surface area contributed by atoms with Gasteiger partial charge in [0.25, 0.3) is 0 Å². The van der Waals surface area contributed by atoms with Gasteiger partial charge in [0, 0.05) is 25.5 Å². The number of nitrogens with one attached hydrogen (secondary N) is 3. The van der Waals surface area contributed by atoms with Gasteiger partial charge in [-0.05, 0) is 60.1 Å². The number of anilines is 1. The molecule has 0 bridgehead atoms. The van der Waals surface area contributed by atoms with Gasteiger partial charge in [-0.3, -0.25) is 19.2 Å². The smallest absolute Gasteiger partial charge is 0.305 e. The van der Waals surface area contributed by atoms with Crippen LogP contribution in [0.2, 0.25) is 0 Å².